The van der Waals surface area contributed by atoms with Gasteiger partial charge in [-0.3, -0.25) is 0 Å². The van der Waals surface area contributed by atoms with Gasteiger partial charge in [-0.1, -0.05) is 63.6 Å². The quantitative estimate of drug-likeness (QED) is 0.480. The topological polar surface area (TPSA) is 0 Å². The van der Waals surface area contributed by atoms with E-state index in [2.05, 4.69) is 7.85 Å². The molecule has 0 amide bonds. The van der Waals surface area contributed by atoms with E-state index in [0.29, 0.717) is 11.8 Å². The summed E-state index contributed by atoms with van der Waals surface area (Å²) >= 11 is 0. The molecule has 0 aromatic carbocycles. The van der Waals surface area contributed by atoms with Crippen LogP contribution in [-0.2, 0) is 0 Å². The van der Waals surface area contributed by atoms with Crippen LogP contribution in [0, 0.1) is 35.5 Å². The van der Waals surface area contributed by atoms with Crippen LogP contribution in [0.3, 0.4) is 0 Å². The molecule has 0 spiro atoms. The van der Waals surface area contributed by atoms with Crippen LogP contribution in [0.2, 0.25) is 5.82 Å². The second-order valence-corrected chi connectivity index (χ2v) is 10.9. The number of halogens is 2. The Labute approximate surface area is 167 Å². The summed E-state index contributed by atoms with van der Waals surface area (Å²) in [4.78, 5) is 0. The van der Waals surface area contributed by atoms with Crippen molar-refractivity contribution in [2.24, 2.45) is 35.5 Å². The molecule has 3 heteroatoms. The second kappa shape index (κ2) is 9.16. The molecule has 0 nitrogen and oxygen atoms in total. The molecular weight excluding hydrogens is 337 g/mol. The van der Waals surface area contributed by atoms with Crippen molar-refractivity contribution in [1.82, 2.24) is 0 Å². The minimum atomic E-state index is -1.18. The molecule has 0 radical (unpaired) electrons. The maximum Gasteiger partial charge on any atom is 0.134 e. The lowest BCUT2D eigenvalue weighted by molar-refractivity contribution is -0.0364. The lowest BCUT2D eigenvalue weighted by Crippen LogP contribution is -2.45. The molecule has 4 fully saturated rings. The van der Waals surface area contributed by atoms with Crippen LogP contribution in [0.1, 0.15) is 96.3 Å². The fraction of sp³-hybridized carbons (Fsp3) is 1.00. The van der Waals surface area contributed by atoms with Crippen LogP contribution in [0.15, 0.2) is 0 Å². The molecule has 0 bridgehead atoms. The van der Waals surface area contributed by atoms with Crippen LogP contribution >= 0.6 is 0 Å². The molecule has 4 aliphatic carbocycles. The monoisotopic (exact) mass is 378 g/mol. The normalized spacial score (nSPS) is 47.6. The highest BCUT2D eigenvalue weighted by molar-refractivity contribution is 6.11. The summed E-state index contributed by atoms with van der Waals surface area (Å²) in [7, 11) is 2.31. The molecule has 4 saturated carbocycles. The fourth-order valence-electron chi connectivity index (χ4n) is 7.53. The second-order valence-electron chi connectivity index (χ2n) is 10.9. The average Bonchev–Trinajstić information content (AvgIpc) is 2.72. The number of hydrogen-bond acceptors (Lipinski definition) is 0. The largest absolute Gasteiger partial charge is 0.244 e. The highest BCUT2D eigenvalue weighted by Gasteiger charge is 2.46. The standard InChI is InChI=1S/C24H41BF2/c25-20-12-10-19(11-13-20)22-15-14-21(23(26)24(22)27)18-8-6-17(7-9-18)16-4-2-1-3-5-16/h16-24H,1-15,25H2. The van der Waals surface area contributed by atoms with Gasteiger partial charge in [0.25, 0.3) is 0 Å². The van der Waals surface area contributed by atoms with E-state index < -0.39 is 12.3 Å². The van der Waals surface area contributed by atoms with Gasteiger partial charge in [-0.15, -0.1) is 0 Å². The van der Waals surface area contributed by atoms with Gasteiger partial charge in [-0.05, 0) is 74.0 Å². The van der Waals surface area contributed by atoms with Gasteiger partial charge in [-0.25, -0.2) is 8.78 Å². The summed E-state index contributed by atoms with van der Waals surface area (Å²) in [6, 6.07) is 0. The van der Waals surface area contributed by atoms with Crippen molar-refractivity contribution >= 4 is 7.85 Å². The van der Waals surface area contributed by atoms with Crippen LogP contribution < -0.4 is 0 Å². The van der Waals surface area contributed by atoms with E-state index >= 15 is 8.78 Å². The van der Waals surface area contributed by atoms with Gasteiger partial charge in [-0.2, -0.15) is 0 Å². The first-order valence-electron chi connectivity index (χ1n) is 12.4. The Hall–Kier alpha value is -0.0751. The molecule has 4 rings (SSSR count). The van der Waals surface area contributed by atoms with E-state index in [-0.39, 0.29) is 11.8 Å². The summed E-state index contributed by atoms with van der Waals surface area (Å²) in [5.41, 5.74) is 0. The first-order valence-corrected chi connectivity index (χ1v) is 12.4. The zero-order valence-electron chi connectivity index (χ0n) is 17.6. The average molecular weight is 378 g/mol. The highest BCUT2D eigenvalue weighted by Crippen LogP contribution is 2.49. The molecule has 0 aromatic rings. The van der Waals surface area contributed by atoms with E-state index in [1.807, 2.05) is 0 Å². The Balaban J connectivity index is 1.28. The van der Waals surface area contributed by atoms with Gasteiger partial charge in [0.1, 0.15) is 20.2 Å². The summed E-state index contributed by atoms with van der Waals surface area (Å²) in [5, 5.41) is 0. The molecule has 0 aromatic heterocycles. The van der Waals surface area contributed by atoms with Crippen LogP contribution in [0.5, 0.6) is 0 Å². The van der Waals surface area contributed by atoms with Crippen molar-refractivity contribution in [1.29, 1.82) is 0 Å². The third-order valence-electron chi connectivity index (χ3n) is 9.36. The first-order chi connectivity index (χ1) is 13.1. The maximum atomic E-state index is 15.2. The lowest BCUT2D eigenvalue weighted by Gasteiger charge is -2.45. The summed E-state index contributed by atoms with van der Waals surface area (Å²) in [6.07, 6.45) is 16.3. The van der Waals surface area contributed by atoms with E-state index in [1.165, 1.54) is 70.6 Å². The Morgan fingerprint density at radius 1 is 0.444 bits per heavy atom. The van der Waals surface area contributed by atoms with Crippen molar-refractivity contribution in [2.45, 2.75) is 114 Å². The van der Waals surface area contributed by atoms with E-state index in [4.69, 9.17) is 0 Å². The third kappa shape index (κ3) is 4.58. The van der Waals surface area contributed by atoms with Crippen LogP contribution in [0.25, 0.3) is 0 Å². The van der Waals surface area contributed by atoms with Gasteiger partial charge in [0.05, 0.1) is 0 Å². The van der Waals surface area contributed by atoms with Crippen molar-refractivity contribution < 1.29 is 8.78 Å². The molecule has 0 aliphatic heterocycles. The number of hydrogen-bond donors (Lipinski definition) is 0. The smallest absolute Gasteiger partial charge is 0.134 e. The van der Waals surface area contributed by atoms with Crippen LogP contribution in [0.4, 0.5) is 8.78 Å². The minimum Gasteiger partial charge on any atom is -0.244 e. The molecule has 27 heavy (non-hydrogen) atoms. The molecule has 4 atom stereocenters. The fourth-order valence-corrected chi connectivity index (χ4v) is 7.53. The molecule has 4 aliphatic rings. The Morgan fingerprint density at radius 2 is 0.852 bits per heavy atom. The van der Waals surface area contributed by atoms with E-state index in [9.17, 15) is 0 Å². The molecule has 0 N–H and O–H groups in total. The van der Waals surface area contributed by atoms with Gasteiger partial charge >= 0.3 is 0 Å². The number of alkyl halides is 2. The maximum absolute atomic E-state index is 15.2. The SMILES string of the molecule is BC1CCC(C2CCC(C3CCC(C4CCCCC4)CC3)C(F)C2F)CC1. The van der Waals surface area contributed by atoms with Crippen LogP contribution in [-0.4, -0.2) is 20.2 Å². The summed E-state index contributed by atoms with van der Waals surface area (Å²) in [5.74, 6) is 3.58. The van der Waals surface area contributed by atoms with Gasteiger partial charge in [0, 0.05) is 0 Å². The zero-order chi connectivity index (χ0) is 18.8. The van der Waals surface area contributed by atoms with E-state index in [1.54, 1.807) is 0 Å². The summed E-state index contributed by atoms with van der Waals surface area (Å²) in [6.45, 7) is 0. The van der Waals surface area contributed by atoms with E-state index in [0.717, 1.165) is 43.3 Å². The predicted octanol–water partition coefficient (Wildman–Crippen LogP) is 6.69. The molecular formula is C24H41BF2. The molecule has 0 saturated heterocycles. The Morgan fingerprint density at radius 3 is 1.37 bits per heavy atom. The lowest BCUT2D eigenvalue weighted by atomic mass is 9.61. The van der Waals surface area contributed by atoms with Crippen molar-refractivity contribution in [3.63, 3.8) is 0 Å². The Bertz CT molecular complexity index is 447. The first kappa shape index (κ1) is 20.2. The highest BCUT2D eigenvalue weighted by atomic mass is 19.2. The van der Waals surface area contributed by atoms with Crippen molar-refractivity contribution in [2.75, 3.05) is 0 Å². The Kier molecular flexibility index (Phi) is 6.86. The minimum absolute atomic E-state index is 0.0160. The molecule has 154 valence electrons. The summed E-state index contributed by atoms with van der Waals surface area (Å²) < 4.78 is 30.3. The number of rotatable bonds is 3. The molecule has 4 unspecified atom stereocenters. The molecule has 0 heterocycles. The van der Waals surface area contributed by atoms with Crippen molar-refractivity contribution in [3.05, 3.63) is 0 Å². The zero-order valence-corrected chi connectivity index (χ0v) is 17.6. The predicted molar refractivity (Wildman–Crippen MR) is 112 cm³/mol. The van der Waals surface area contributed by atoms with Gasteiger partial charge < -0.3 is 0 Å². The van der Waals surface area contributed by atoms with Gasteiger partial charge in [0.2, 0.25) is 0 Å². The van der Waals surface area contributed by atoms with Gasteiger partial charge in [0.15, 0.2) is 0 Å². The van der Waals surface area contributed by atoms with Crippen molar-refractivity contribution in [3.8, 4) is 0 Å². The third-order valence-corrected chi connectivity index (χ3v) is 9.36.